The molecule has 0 bridgehead atoms. The van der Waals surface area contributed by atoms with Crippen LogP contribution in [0.4, 0.5) is 0 Å². The van der Waals surface area contributed by atoms with E-state index >= 15 is 0 Å². The lowest BCUT2D eigenvalue weighted by molar-refractivity contribution is -0.130. The molecule has 188 valence electrons. The van der Waals surface area contributed by atoms with Crippen LogP contribution < -0.4 is 16.4 Å². The molecule has 0 aliphatic carbocycles. The third kappa shape index (κ3) is 9.84. The second kappa shape index (κ2) is 14.6. The van der Waals surface area contributed by atoms with E-state index in [0.717, 1.165) is 36.8 Å². The van der Waals surface area contributed by atoms with Crippen LogP contribution in [-0.4, -0.2) is 30.3 Å². The molecule has 0 spiro atoms. The minimum absolute atomic E-state index is 0.0114. The Morgan fingerprint density at radius 1 is 0.667 bits per heavy atom. The van der Waals surface area contributed by atoms with Crippen molar-refractivity contribution in [3.05, 3.63) is 107 Å². The molecule has 1 atom stereocenters. The molecule has 6 nitrogen and oxygen atoms in total. The number of hydrogen-bond acceptors (Lipinski definition) is 4. The molecular weight excluding hydrogens is 450 g/mol. The Morgan fingerprint density at radius 2 is 1.19 bits per heavy atom. The zero-order valence-corrected chi connectivity index (χ0v) is 20.6. The Labute approximate surface area is 213 Å². The molecule has 3 aromatic rings. The number of imide groups is 1. The topological polar surface area (TPSA) is 101 Å². The fourth-order valence-corrected chi connectivity index (χ4v) is 3.97. The molecule has 3 aromatic carbocycles. The molecule has 0 saturated carbocycles. The highest BCUT2D eigenvalue weighted by Crippen LogP contribution is 2.11. The number of unbranched alkanes of at least 4 members (excludes halogenated alkanes) is 1. The van der Waals surface area contributed by atoms with Gasteiger partial charge in [-0.2, -0.15) is 0 Å². The zero-order valence-electron chi connectivity index (χ0n) is 20.6. The molecular formula is C30H35N3O3. The summed E-state index contributed by atoms with van der Waals surface area (Å²) in [5.41, 5.74) is 10.4. The lowest BCUT2D eigenvalue weighted by Gasteiger charge is -2.12. The Balaban J connectivity index is 1.29. The van der Waals surface area contributed by atoms with Gasteiger partial charge in [-0.15, -0.1) is 0 Å². The number of nitrogens with one attached hydrogen (secondary N) is 2. The first-order valence-electron chi connectivity index (χ1n) is 12.5. The fraction of sp³-hybridized carbons (Fsp3) is 0.300. The number of carbonyl (C=O) groups excluding carboxylic acids is 3. The van der Waals surface area contributed by atoms with Crippen molar-refractivity contribution in [3.63, 3.8) is 0 Å². The van der Waals surface area contributed by atoms with Crippen molar-refractivity contribution in [1.82, 2.24) is 10.6 Å². The lowest BCUT2D eigenvalue weighted by atomic mass is 10.0. The normalized spacial score (nSPS) is 11.5. The van der Waals surface area contributed by atoms with E-state index in [1.54, 1.807) is 0 Å². The van der Waals surface area contributed by atoms with E-state index in [1.165, 1.54) is 11.1 Å². The van der Waals surface area contributed by atoms with Gasteiger partial charge in [-0.3, -0.25) is 19.7 Å². The highest BCUT2D eigenvalue weighted by Gasteiger charge is 2.15. The summed E-state index contributed by atoms with van der Waals surface area (Å²) in [4.78, 5) is 36.4. The van der Waals surface area contributed by atoms with Gasteiger partial charge < -0.3 is 11.1 Å². The monoisotopic (exact) mass is 485 g/mol. The summed E-state index contributed by atoms with van der Waals surface area (Å²) in [6.07, 6.45) is 4.89. The Hall–Kier alpha value is -3.77. The summed E-state index contributed by atoms with van der Waals surface area (Å²) in [5.74, 6) is -1.10. The quantitative estimate of drug-likeness (QED) is 0.323. The van der Waals surface area contributed by atoms with Crippen LogP contribution in [0.1, 0.15) is 41.5 Å². The minimum atomic E-state index is -0.691. The lowest BCUT2D eigenvalue weighted by Crippen LogP contribution is -2.43. The van der Waals surface area contributed by atoms with Gasteiger partial charge in [-0.1, -0.05) is 84.9 Å². The third-order valence-electron chi connectivity index (χ3n) is 5.98. The van der Waals surface area contributed by atoms with E-state index in [1.807, 2.05) is 60.7 Å². The number of nitrogens with two attached hydrogens (primary N) is 1. The van der Waals surface area contributed by atoms with E-state index in [0.29, 0.717) is 6.42 Å². The second-order valence-corrected chi connectivity index (χ2v) is 8.99. The molecule has 0 heterocycles. The van der Waals surface area contributed by atoms with Gasteiger partial charge in [0.15, 0.2) is 0 Å². The van der Waals surface area contributed by atoms with E-state index in [9.17, 15) is 14.4 Å². The molecule has 36 heavy (non-hydrogen) atoms. The van der Waals surface area contributed by atoms with Crippen LogP contribution in [0.25, 0.3) is 0 Å². The predicted octanol–water partition coefficient (Wildman–Crippen LogP) is 3.51. The highest BCUT2D eigenvalue weighted by molar-refractivity contribution is 5.96. The van der Waals surface area contributed by atoms with Gasteiger partial charge in [-0.25, -0.2) is 0 Å². The zero-order chi connectivity index (χ0) is 25.6. The van der Waals surface area contributed by atoms with E-state index < -0.39 is 11.9 Å². The smallest absolute Gasteiger partial charge is 0.237 e. The van der Waals surface area contributed by atoms with Gasteiger partial charge >= 0.3 is 0 Å². The molecule has 0 aliphatic heterocycles. The van der Waals surface area contributed by atoms with Crippen LogP contribution in [0, 0.1) is 0 Å². The van der Waals surface area contributed by atoms with Crippen molar-refractivity contribution >= 4 is 17.7 Å². The number of carbonyl (C=O) groups is 3. The number of benzene rings is 3. The molecule has 3 amide bonds. The average Bonchev–Trinajstić information content (AvgIpc) is 2.88. The maximum Gasteiger partial charge on any atom is 0.237 e. The molecule has 0 aromatic heterocycles. The van der Waals surface area contributed by atoms with Crippen molar-refractivity contribution in [3.8, 4) is 0 Å². The molecule has 4 N–H and O–H groups in total. The van der Waals surface area contributed by atoms with Gasteiger partial charge in [0.1, 0.15) is 0 Å². The summed E-state index contributed by atoms with van der Waals surface area (Å²) in [6.45, 7) is 0.124. The van der Waals surface area contributed by atoms with Crippen LogP contribution in [0.15, 0.2) is 84.9 Å². The van der Waals surface area contributed by atoms with Crippen molar-refractivity contribution in [1.29, 1.82) is 0 Å². The van der Waals surface area contributed by atoms with Crippen LogP contribution in [0.2, 0.25) is 0 Å². The maximum absolute atomic E-state index is 12.2. The fourth-order valence-electron chi connectivity index (χ4n) is 3.97. The number of aryl methyl sites for hydroxylation is 2. The molecule has 0 fully saturated rings. The van der Waals surface area contributed by atoms with Gasteiger partial charge in [0.05, 0.1) is 12.5 Å². The summed E-state index contributed by atoms with van der Waals surface area (Å²) < 4.78 is 0. The second-order valence-electron chi connectivity index (χ2n) is 8.99. The van der Waals surface area contributed by atoms with Crippen LogP contribution in [0.5, 0.6) is 0 Å². The van der Waals surface area contributed by atoms with Gasteiger partial charge in [-0.05, 0) is 54.4 Å². The van der Waals surface area contributed by atoms with Gasteiger partial charge in [0.25, 0.3) is 0 Å². The average molecular weight is 486 g/mol. The Kier molecular flexibility index (Phi) is 10.9. The molecule has 0 aliphatic rings. The minimum Gasteiger partial charge on any atom is -0.354 e. The summed E-state index contributed by atoms with van der Waals surface area (Å²) >= 11 is 0. The van der Waals surface area contributed by atoms with Crippen molar-refractivity contribution in [2.75, 3.05) is 6.54 Å². The van der Waals surface area contributed by atoms with Crippen molar-refractivity contribution < 1.29 is 14.4 Å². The van der Waals surface area contributed by atoms with Crippen LogP contribution >= 0.6 is 0 Å². The van der Waals surface area contributed by atoms with Gasteiger partial charge in [0.2, 0.25) is 17.7 Å². The van der Waals surface area contributed by atoms with Crippen LogP contribution in [-0.2, 0) is 40.1 Å². The van der Waals surface area contributed by atoms with Crippen molar-refractivity contribution in [2.24, 2.45) is 5.73 Å². The first-order valence-corrected chi connectivity index (χ1v) is 12.5. The number of rotatable bonds is 13. The summed E-state index contributed by atoms with van der Waals surface area (Å²) in [5, 5.41) is 5.04. The molecule has 0 radical (unpaired) electrons. The SMILES string of the molecule is N[C@@H](Cc1ccccc1)C(=O)NCCC(=O)NC(=O)Cc1ccc(CCCCc2ccccc2)cc1. The maximum atomic E-state index is 12.2. The Morgan fingerprint density at radius 3 is 1.81 bits per heavy atom. The molecule has 0 saturated heterocycles. The first-order chi connectivity index (χ1) is 17.5. The molecule has 0 unspecified atom stereocenters. The largest absolute Gasteiger partial charge is 0.354 e. The summed E-state index contributed by atoms with van der Waals surface area (Å²) in [6, 6.07) is 27.3. The van der Waals surface area contributed by atoms with E-state index in [2.05, 4.69) is 34.9 Å². The standard InChI is InChI=1S/C30H35N3O3/c31-27(21-25-13-5-2-6-14-25)30(36)32-20-19-28(34)33-29(35)22-26-17-15-24(16-18-26)12-8-7-11-23-9-3-1-4-10-23/h1-6,9-10,13-18,27H,7-8,11-12,19-22,31H2,(H,32,36)(H,33,34,35)/t27-/m0/s1. The summed E-state index contributed by atoms with van der Waals surface area (Å²) in [7, 11) is 0. The number of hydrogen-bond donors (Lipinski definition) is 3. The van der Waals surface area contributed by atoms with Gasteiger partial charge in [0, 0.05) is 13.0 Å². The van der Waals surface area contributed by atoms with E-state index in [4.69, 9.17) is 5.73 Å². The first kappa shape index (κ1) is 26.8. The molecule has 3 rings (SSSR count). The predicted molar refractivity (Wildman–Crippen MR) is 142 cm³/mol. The van der Waals surface area contributed by atoms with Crippen molar-refractivity contribution in [2.45, 2.75) is 51.0 Å². The van der Waals surface area contributed by atoms with Crippen LogP contribution in [0.3, 0.4) is 0 Å². The highest BCUT2D eigenvalue weighted by atomic mass is 16.2. The third-order valence-corrected chi connectivity index (χ3v) is 5.98. The van der Waals surface area contributed by atoms with E-state index in [-0.39, 0.29) is 31.2 Å². The number of amides is 3. The molecule has 6 heteroatoms. The Bertz CT molecular complexity index is 1100.